The summed E-state index contributed by atoms with van der Waals surface area (Å²) in [6.45, 7) is 11.5. The number of halogens is 2. The quantitative estimate of drug-likeness (QED) is 0.700. The van der Waals surface area contributed by atoms with Crippen LogP contribution in [0.4, 0.5) is 9.18 Å². The third-order valence-electron chi connectivity index (χ3n) is 3.10. The first kappa shape index (κ1) is 20.7. The third-order valence-corrected chi connectivity index (χ3v) is 3.59. The zero-order valence-electron chi connectivity index (χ0n) is 15.2. The fourth-order valence-electron chi connectivity index (χ4n) is 2.43. The van der Waals surface area contributed by atoms with Crippen molar-refractivity contribution in [1.82, 2.24) is 5.32 Å². The normalized spacial score (nSPS) is 14.2. The Labute approximate surface area is 152 Å². The molecule has 1 aromatic rings. The summed E-state index contributed by atoms with van der Waals surface area (Å²) in [4.78, 5) is 12.1. The van der Waals surface area contributed by atoms with Crippen molar-refractivity contribution in [2.24, 2.45) is 5.92 Å². The van der Waals surface area contributed by atoms with E-state index < -0.39 is 23.1 Å². The minimum absolute atomic E-state index is 0.142. The molecule has 0 saturated carbocycles. The van der Waals surface area contributed by atoms with Crippen LogP contribution in [0.15, 0.2) is 22.7 Å². The minimum Gasteiger partial charge on any atom is -0.488 e. The first-order valence-electron chi connectivity index (χ1n) is 7.99. The molecule has 1 atom stereocenters. The smallest absolute Gasteiger partial charge is 0.408 e. The van der Waals surface area contributed by atoms with Gasteiger partial charge in [-0.05, 0) is 58.2 Å². The molecule has 0 heterocycles. The predicted octanol–water partition coefficient (Wildman–Crippen LogP) is 5.30. The van der Waals surface area contributed by atoms with Gasteiger partial charge >= 0.3 is 6.09 Å². The first-order valence-corrected chi connectivity index (χ1v) is 8.78. The largest absolute Gasteiger partial charge is 0.488 e. The topological polar surface area (TPSA) is 47.6 Å². The van der Waals surface area contributed by atoms with E-state index in [1.807, 2.05) is 6.92 Å². The molecular formula is C18H27BrFNO3. The summed E-state index contributed by atoms with van der Waals surface area (Å²) in [5.74, 6) is 0.0241. The highest BCUT2D eigenvalue weighted by Gasteiger charge is 2.31. The van der Waals surface area contributed by atoms with E-state index in [1.165, 1.54) is 6.07 Å². The first-order chi connectivity index (χ1) is 10.9. The predicted molar refractivity (Wildman–Crippen MR) is 96.8 cm³/mol. The van der Waals surface area contributed by atoms with Crippen LogP contribution >= 0.6 is 15.9 Å². The highest BCUT2D eigenvalue weighted by molar-refractivity contribution is 9.10. The molecule has 1 aromatic carbocycles. The molecule has 1 rings (SSSR count). The number of rotatable bonds is 6. The Hall–Kier alpha value is -1.30. The van der Waals surface area contributed by atoms with Gasteiger partial charge in [-0.1, -0.05) is 29.8 Å². The van der Waals surface area contributed by atoms with Gasteiger partial charge < -0.3 is 14.8 Å². The van der Waals surface area contributed by atoms with Crippen LogP contribution in [-0.4, -0.2) is 23.8 Å². The summed E-state index contributed by atoms with van der Waals surface area (Å²) in [6.07, 6.45) is 0.162. The number of hydrogen-bond donors (Lipinski definition) is 1. The highest BCUT2D eigenvalue weighted by Crippen LogP contribution is 2.24. The zero-order chi connectivity index (χ0) is 18.5. The molecule has 0 aliphatic heterocycles. The number of carbonyl (C=O) groups excluding carboxylic acids is 1. The van der Waals surface area contributed by atoms with Crippen molar-refractivity contribution in [3.05, 3.63) is 28.5 Å². The number of ether oxygens (including phenoxy) is 2. The SMILES string of the molecule is CC(C)C[C@@](C)(COc1ccc(Br)cc1F)NC(=O)OC(C)(C)C. The van der Waals surface area contributed by atoms with Gasteiger partial charge in [-0.25, -0.2) is 9.18 Å². The molecule has 0 aliphatic carbocycles. The summed E-state index contributed by atoms with van der Waals surface area (Å²) < 4.78 is 25.5. The summed E-state index contributed by atoms with van der Waals surface area (Å²) in [5, 5.41) is 2.86. The van der Waals surface area contributed by atoms with Gasteiger partial charge in [0.1, 0.15) is 12.2 Å². The van der Waals surface area contributed by atoms with Gasteiger partial charge in [-0.2, -0.15) is 0 Å². The molecule has 24 heavy (non-hydrogen) atoms. The maximum absolute atomic E-state index is 13.9. The number of amides is 1. The van der Waals surface area contributed by atoms with Gasteiger partial charge in [-0.3, -0.25) is 0 Å². The van der Waals surface area contributed by atoms with Crippen LogP contribution < -0.4 is 10.1 Å². The van der Waals surface area contributed by atoms with E-state index in [0.717, 1.165) is 0 Å². The van der Waals surface area contributed by atoms with Crippen molar-refractivity contribution in [3.63, 3.8) is 0 Å². The molecule has 0 saturated heterocycles. The summed E-state index contributed by atoms with van der Waals surface area (Å²) >= 11 is 3.21. The second-order valence-electron chi connectivity index (χ2n) is 7.65. The van der Waals surface area contributed by atoms with Gasteiger partial charge in [0.15, 0.2) is 11.6 Å². The molecular weight excluding hydrogens is 377 g/mol. The van der Waals surface area contributed by atoms with Gasteiger partial charge in [0.25, 0.3) is 0 Å². The Morgan fingerprint density at radius 2 is 1.92 bits per heavy atom. The lowest BCUT2D eigenvalue weighted by Gasteiger charge is -2.33. The van der Waals surface area contributed by atoms with E-state index >= 15 is 0 Å². The molecule has 1 amide bonds. The fraction of sp³-hybridized carbons (Fsp3) is 0.611. The van der Waals surface area contributed by atoms with Crippen molar-refractivity contribution in [2.75, 3.05) is 6.61 Å². The van der Waals surface area contributed by atoms with Crippen LogP contribution in [-0.2, 0) is 4.74 Å². The molecule has 0 fully saturated rings. The van der Waals surface area contributed by atoms with E-state index in [9.17, 15) is 9.18 Å². The molecule has 0 spiro atoms. The molecule has 136 valence electrons. The van der Waals surface area contributed by atoms with E-state index in [0.29, 0.717) is 16.8 Å². The summed E-state index contributed by atoms with van der Waals surface area (Å²) in [6, 6.07) is 4.61. The maximum atomic E-state index is 13.9. The van der Waals surface area contributed by atoms with E-state index in [1.54, 1.807) is 32.9 Å². The molecule has 6 heteroatoms. The van der Waals surface area contributed by atoms with Crippen LogP contribution in [0, 0.1) is 11.7 Å². The zero-order valence-corrected chi connectivity index (χ0v) is 16.8. The Morgan fingerprint density at radius 3 is 2.42 bits per heavy atom. The van der Waals surface area contributed by atoms with Crippen molar-refractivity contribution in [1.29, 1.82) is 0 Å². The van der Waals surface area contributed by atoms with Crippen molar-refractivity contribution in [3.8, 4) is 5.75 Å². The Morgan fingerprint density at radius 1 is 1.29 bits per heavy atom. The van der Waals surface area contributed by atoms with Gasteiger partial charge in [0, 0.05) is 4.47 Å². The standard InChI is InChI=1S/C18H27BrFNO3/c1-12(2)10-18(6,21-16(22)24-17(3,4)5)11-23-15-8-7-13(19)9-14(15)20/h7-9,12H,10-11H2,1-6H3,(H,21,22)/t18-/m0/s1. The van der Waals surface area contributed by atoms with E-state index in [4.69, 9.17) is 9.47 Å². The number of nitrogens with one attached hydrogen (secondary N) is 1. The third kappa shape index (κ3) is 7.51. The second-order valence-corrected chi connectivity index (χ2v) is 8.56. The fourth-order valence-corrected chi connectivity index (χ4v) is 2.76. The Bertz CT molecular complexity index is 572. The van der Waals surface area contributed by atoms with Crippen molar-refractivity contribution in [2.45, 2.75) is 59.1 Å². The van der Waals surface area contributed by atoms with Crippen LogP contribution in [0.3, 0.4) is 0 Å². The van der Waals surface area contributed by atoms with Crippen LogP contribution in [0.25, 0.3) is 0 Å². The number of carbonyl (C=O) groups is 1. The number of alkyl carbamates (subject to hydrolysis) is 1. The molecule has 1 N–H and O–H groups in total. The molecule has 0 unspecified atom stereocenters. The average molecular weight is 404 g/mol. The van der Waals surface area contributed by atoms with Gasteiger partial charge in [0.05, 0.1) is 5.54 Å². The number of hydrogen-bond acceptors (Lipinski definition) is 3. The molecule has 0 aliphatic rings. The lowest BCUT2D eigenvalue weighted by Crippen LogP contribution is -2.52. The lowest BCUT2D eigenvalue weighted by molar-refractivity contribution is 0.0406. The van der Waals surface area contributed by atoms with Crippen molar-refractivity contribution >= 4 is 22.0 Å². The molecule has 0 radical (unpaired) electrons. The molecule has 0 bridgehead atoms. The van der Waals surface area contributed by atoms with Crippen LogP contribution in [0.2, 0.25) is 0 Å². The van der Waals surface area contributed by atoms with Crippen LogP contribution in [0.1, 0.15) is 48.0 Å². The Balaban J connectivity index is 2.81. The maximum Gasteiger partial charge on any atom is 0.408 e. The number of benzene rings is 1. The van der Waals surface area contributed by atoms with Gasteiger partial charge in [-0.15, -0.1) is 0 Å². The summed E-state index contributed by atoms with van der Waals surface area (Å²) in [7, 11) is 0. The monoisotopic (exact) mass is 403 g/mol. The Kier molecular flexibility index (Phi) is 7.08. The average Bonchev–Trinajstić information content (AvgIpc) is 2.33. The van der Waals surface area contributed by atoms with Crippen molar-refractivity contribution < 1.29 is 18.7 Å². The second kappa shape index (κ2) is 8.19. The van der Waals surface area contributed by atoms with E-state index in [-0.39, 0.29) is 12.4 Å². The van der Waals surface area contributed by atoms with Gasteiger partial charge in [0.2, 0.25) is 0 Å². The minimum atomic E-state index is -0.671. The lowest BCUT2D eigenvalue weighted by atomic mass is 9.91. The summed E-state index contributed by atoms with van der Waals surface area (Å²) in [5.41, 5.74) is -1.25. The van der Waals surface area contributed by atoms with Crippen LogP contribution in [0.5, 0.6) is 5.75 Å². The molecule has 4 nitrogen and oxygen atoms in total. The van der Waals surface area contributed by atoms with E-state index in [2.05, 4.69) is 35.1 Å². The highest BCUT2D eigenvalue weighted by atomic mass is 79.9. The molecule has 0 aromatic heterocycles.